The molecular weight excluding hydrogens is 181 g/mol. The predicted octanol–water partition coefficient (Wildman–Crippen LogP) is 2.49. The Labute approximate surface area is 74.9 Å². The maximum atomic E-state index is 12.7. The number of hydrogen-bond acceptors (Lipinski definition) is 1. The average molecular weight is 194 g/mol. The van der Waals surface area contributed by atoms with Gasteiger partial charge < -0.3 is 5.11 Å². The summed E-state index contributed by atoms with van der Waals surface area (Å²) in [5, 5.41) is 9.06. The van der Waals surface area contributed by atoms with E-state index in [0.29, 0.717) is 12.8 Å². The summed E-state index contributed by atoms with van der Waals surface area (Å²) in [5.74, 6) is 0. The molecule has 0 aromatic carbocycles. The minimum Gasteiger partial charge on any atom is -0.396 e. The summed E-state index contributed by atoms with van der Waals surface area (Å²) < 4.78 is 38.0. The monoisotopic (exact) mass is 194 g/mol. The van der Waals surface area contributed by atoms with Crippen molar-refractivity contribution in [1.82, 2.24) is 0 Å². The van der Waals surface area contributed by atoms with Gasteiger partial charge in [0.1, 0.15) is 0 Å². The average Bonchev–Trinajstić information content (AvgIpc) is 2.60. The van der Waals surface area contributed by atoms with Crippen molar-refractivity contribution in [2.45, 2.75) is 38.3 Å². The molecule has 0 spiro atoms. The van der Waals surface area contributed by atoms with E-state index in [1.807, 2.05) is 0 Å². The first-order valence-electron chi connectivity index (χ1n) is 4.61. The standard InChI is InChI=1S/C9H13F3O/c10-9(11,12)8-3-1-7(5-8,6-13)2-4-8/h13H,1-6H2. The van der Waals surface area contributed by atoms with Crippen LogP contribution >= 0.6 is 0 Å². The lowest BCUT2D eigenvalue weighted by Crippen LogP contribution is -2.33. The first-order chi connectivity index (χ1) is 5.93. The molecule has 2 bridgehead atoms. The van der Waals surface area contributed by atoms with Crippen molar-refractivity contribution in [3.8, 4) is 0 Å². The highest BCUT2D eigenvalue weighted by Gasteiger charge is 2.65. The molecule has 0 aliphatic heterocycles. The second-order valence-electron chi connectivity index (χ2n) is 4.61. The Morgan fingerprint density at radius 2 is 1.62 bits per heavy atom. The third kappa shape index (κ3) is 1.11. The van der Waals surface area contributed by atoms with Crippen LogP contribution in [0.25, 0.3) is 0 Å². The Balaban J connectivity index is 2.23. The summed E-state index contributed by atoms with van der Waals surface area (Å²) >= 11 is 0. The quantitative estimate of drug-likeness (QED) is 0.680. The van der Waals surface area contributed by atoms with E-state index in [-0.39, 0.29) is 25.9 Å². The first kappa shape index (κ1) is 9.31. The first-order valence-corrected chi connectivity index (χ1v) is 4.61. The van der Waals surface area contributed by atoms with E-state index in [1.54, 1.807) is 0 Å². The molecule has 1 nitrogen and oxygen atoms in total. The van der Waals surface area contributed by atoms with Gasteiger partial charge >= 0.3 is 6.18 Å². The van der Waals surface area contributed by atoms with Gasteiger partial charge in [-0.05, 0) is 37.5 Å². The highest BCUT2D eigenvalue weighted by atomic mass is 19.4. The number of aliphatic hydroxyl groups excluding tert-OH is 1. The smallest absolute Gasteiger partial charge is 0.394 e. The zero-order chi connectivity index (χ0) is 9.74. The molecule has 0 saturated heterocycles. The molecule has 0 heterocycles. The van der Waals surface area contributed by atoms with Crippen LogP contribution in [0.3, 0.4) is 0 Å². The van der Waals surface area contributed by atoms with Crippen LogP contribution in [0.5, 0.6) is 0 Å². The van der Waals surface area contributed by atoms with Gasteiger partial charge in [-0.3, -0.25) is 0 Å². The molecule has 4 heteroatoms. The van der Waals surface area contributed by atoms with Gasteiger partial charge in [0.15, 0.2) is 0 Å². The van der Waals surface area contributed by atoms with Crippen LogP contribution in [0, 0.1) is 10.8 Å². The molecule has 1 N–H and O–H groups in total. The van der Waals surface area contributed by atoms with Crippen LogP contribution < -0.4 is 0 Å². The minimum absolute atomic E-state index is 0.0785. The summed E-state index contributed by atoms with van der Waals surface area (Å²) in [6.07, 6.45) is -2.39. The molecule has 76 valence electrons. The second-order valence-corrected chi connectivity index (χ2v) is 4.61. The molecule has 0 amide bonds. The van der Waals surface area contributed by atoms with E-state index < -0.39 is 17.0 Å². The van der Waals surface area contributed by atoms with Crippen molar-refractivity contribution >= 4 is 0 Å². The Morgan fingerprint density at radius 3 is 1.85 bits per heavy atom. The zero-order valence-electron chi connectivity index (χ0n) is 7.32. The highest BCUT2D eigenvalue weighted by molar-refractivity contribution is 5.07. The summed E-state index contributed by atoms with van der Waals surface area (Å²) in [7, 11) is 0. The fourth-order valence-electron chi connectivity index (χ4n) is 2.93. The molecule has 2 aliphatic rings. The topological polar surface area (TPSA) is 20.2 Å². The van der Waals surface area contributed by atoms with Crippen LogP contribution in [-0.2, 0) is 0 Å². The van der Waals surface area contributed by atoms with Gasteiger partial charge in [-0.1, -0.05) is 0 Å². The number of rotatable bonds is 1. The van der Waals surface area contributed by atoms with E-state index in [1.165, 1.54) is 0 Å². The number of hydrogen-bond donors (Lipinski definition) is 1. The van der Waals surface area contributed by atoms with E-state index >= 15 is 0 Å². The molecule has 2 rings (SSSR count). The van der Waals surface area contributed by atoms with Crippen molar-refractivity contribution in [1.29, 1.82) is 0 Å². The van der Waals surface area contributed by atoms with Gasteiger partial charge in [-0.15, -0.1) is 0 Å². The van der Waals surface area contributed by atoms with Crippen LogP contribution in [0.2, 0.25) is 0 Å². The fraction of sp³-hybridized carbons (Fsp3) is 1.00. The van der Waals surface area contributed by atoms with Gasteiger partial charge in [0, 0.05) is 6.61 Å². The molecule has 0 atom stereocenters. The largest absolute Gasteiger partial charge is 0.396 e. The van der Waals surface area contributed by atoms with Crippen LogP contribution in [-0.4, -0.2) is 17.9 Å². The third-order valence-corrected chi connectivity index (χ3v) is 3.92. The number of alkyl halides is 3. The Bertz CT molecular complexity index is 213. The van der Waals surface area contributed by atoms with E-state index in [9.17, 15) is 13.2 Å². The lowest BCUT2D eigenvalue weighted by Gasteiger charge is -2.29. The molecular formula is C9H13F3O. The minimum atomic E-state index is -4.07. The van der Waals surface area contributed by atoms with Gasteiger partial charge in [-0.25, -0.2) is 0 Å². The van der Waals surface area contributed by atoms with E-state index in [0.717, 1.165) is 0 Å². The summed E-state index contributed by atoms with van der Waals surface area (Å²) in [6.45, 7) is -0.0785. The number of aliphatic hydroxyl groups is 1. The van der Waals surface area contributed by atoms with Crippen molar-refractivity contribution in [3.63, 3.8) is 0 Å². The molecule has 13 heavy (non-hydrogen) atoms. The number of halogens is 3. The second kappa shape index (κ2) is 2.41. The Morgan fingerprint density at radius 1 is 1.08 bits per heavy atom. The maximum Gasteiger partial charge on any atom is 0.394 e. The maximum absolute atomic E-state index is 12.7. The SMILES string of the molecule is OCC12CCC(C(F)(F)F)(CC1)C2. The summed E-state index contributed by atoms with van der Waals surface area (Å²) in [4.78, 5) is 0. The fourth-order valence-corrected chi connectivity index (χ4v) is 2.93. The van der Waals surface area contributed by atoms with E-state index in [4.69, 9.17) is 5.11 Å². The summed E-state index contributed by atoms with van der Waals surface area (Å²) in [6, 6.07) is 0. The van der Waals surface area contributed by atoms with Crippen molar-refractivity contribution in [2.75, 3.05) is 6.61 Å². The van der Waals surface area contributed by atoms with Gasteiger partial charge in [-0.2, -0.15) is 13.2 Å². The zero-order valence-corrected chi connectivity index (χ0v) is 7.32. The third-order valence-electron chi connectivity index (χ3n) is 3.92. The number of fused-ring (bicyclic) bond motifs is 2. The predicted molar refractivity (Wildman–Crippen MR) is 41.1 cm³/mol. The van der Waals surface area contributed by atoms with Gasteiger partial charge in [0.25, 0.3) is 0 Å². The van der Waals surface area contributed by atoms with Crippen LogP contribution in [0.15, 0.2) is 0 Å². The Hall–Kier alpha value is -0.250. The van der Waals surface area contributed by atoms with Crippen molar-refractivity contribution in [2.24, 2.45) is 10.8 Å². The van der Waals surface area contributed by atoms with Gasteiger partial charge in [0.05, 0.1) is 5.41 Å². The molecule has 0 aromatic heterocycles. The van der Waals surface area contributed by atoms with Crippen LogP contribution in [0.4, 0.5) is 13.2 Å². The van der Waals surface area contributed by atoms with Crippen molar-refractivity contribution < 1.29 is 18.3 Å². The lowest BCUT2D eigenvalue weighted by molar-refractivity contribution is -0.220. The summed E-state index contributed by atoms with van der Waals surface area (Å²) in [5.41, 5.74) is -1.84. The normalized spacial score (nSPS) is 44.3. The Kier molecular flexibility index (Phi) is 1.72. The van der Waals surface area contributed by atoms with Crippen molar-refractivity contribution in [3.05, 3.63) is 0 Å². The molecule has 0 unspecified atom stereocenters. The molecule has 2 saturated carbocycles. The van der Waals surface area contributed by atoms with Gasteiger partial charge in [0.2, 0.25) is 0 Å². The molecule has 2 fully saturated rings. The van der Waals surface area contributed by atoms with Crippen LogP contribution in [0.1, 0.15) is 32.1 Å². The molecule has 0 radical (unpaired) electrons. The highest BCUT2D eigenvalue weighted by Crippen LogP contribution is 2.66. The van der Waals surface area contributed by atoms with E-state index in [2.05, 4.69) is 0 Å². The molecule has 0 aromatic rings. The molecule has 2 aliphatic carbocycles. The lowest BCUT2D eigenvalue weighted by atomic mass is 9.82.